The van der Waals surface area contributed by atoms with E-state index in [-0.39, 0.29) is 18.4 Å². The molecule has 0 heterocycles. The van der Waals surface area contributed by atoms with E-state index >= 15 is 0 Å². The summed E-state index contributed by atoms with van der Waals surface area (Å²) in [6, 6.07) is 15.4. The summed E-state index contributed by atoms with van der Waals surface area (Å²) in [5.41, 5.74) is 1.48. The second-order valence-corrected chi connectivity index (χ2v) is 5.23. The predicted octanol–water partition coefficient (Wildman–Crippen LogP) is 2.86. The molecule has 23 heavy (non-hydrogen) atoms. The number of carbonyl (C=O) groups is 2. The molecule has 0 fully saturated rings. The van der Waals surface area contributed by atoms with Crippen molar-refractivity contribution in [2.24, 2.45) is 0 Å². The minimum atomic E-state index is -0.421. The van der Waals surface area contributed by atoms with Crippen LogP contribution < -0.4 is 5.32 Å². The van der Waals surface area contributed by atoms with Gasteiger partial charge in [-0.1, -0.05) is 36.4 Å². The summed E-state index contributed by atoms with van der Waals surface area (Å²) < 4.78 is 13.1. The molecule has 0 bridgehead atoms. The van der Waals surface area contributed by atoms with Crippen LogP contribution in [-0.2, 0) is 16.0 Å². The van der Waals surface area contributed by atoms with Crippen LogP contribution >= 0.6 is 0 Å². The molecular formula is C18H19FN2O2. The number of amides is 2. The highest BCUT2D eigenvalue weighted by molar-refractivity contribution is 5.94. The fourth-order valence-electron chi connectivity index (χ4n) is 2.20. The van der Waals surface area contributed by atoms with Gasteiger partial charge in [0.2, 0.25) is 11.8 Å². The minimum absolute atomic E-state index is 0.0569. The standard InChI is InChI=1S/C18H19FN2O2/c1-14(22)21(11-10-15-6-3-2-4-7-15)13-18(23)20-17-9-5-8-16(19)12-17/h2-9,12H,10-11,13H2,1H3,(H,20,23). The summed E-state index contributed by atoms with van der Waals surface area (Å²) in [7, 11) is 0. The lowest BCUT2D eigenvalue weighted by Gasteiger charge is -2.20. The van der Waals surface area contributed by atoms with Crippen LogP contribution in [0.5, 0.6) is 0 Å². The lowest BCUT2D eigenvalue weighted by atomic mass is 10.1. The summed E-state index contributed by atoms with van der Waals surface area (Å²) in [6.07, 6.45) is 0.674. The number of anilines is 1. The third-order valence-corrected chi connectivity index (χ3v) is 3.40. The van der Waals surface area contributed by atoms with Crippen LogP contribution in [0.25, 0.3) is 0 Å². The molecule has 0 atom stereocenters. The maximum Gasteiger partial charge on any atom is 0.243 e. The number of hydrogen-bond donors (Lipinski definition) is 1. The van der Waals surface area contributed by atoms with Gasteiger partial charge in [-0.25, -0.2) is 4.39 Å². The maximum atomic E-state index is 13.1. The third-order valence-electron chi connectivity index (χ3n) is 3.40. The van der Waals surface area contributed by atoms with Crippen LogP contribution in [0.1, 0.15) is 12.5 Å². The van der Waals surface area contributed by atoms with Crippen molar-refractivity contribution in [3.05, 3.63) is 66.0 Å². The number of nitrogens with one attached hydrogen (secondary N) is 1. The quantitative estimate of drug-likeness (QED) is 0.891. The fourth-order valence-corrected chi connectivity index (χ4v) is 2.20. The molecule has 2 aromatic rings. The summed E-state index contributed by atoms with van der Waals surface area (Å²) in [6.45, 7) is 1.83. The molecule has 0 saturated carbocycles. The summed E-state index contributed by atoms with van der Waals surface area (Å²) in [5.74, 6) is -0.940. The van der Waals surface area contributed by atoms with Crippen molar-refractivity contribution in [2.45, 2.75) is 13.3 Å². The van der Waals surface area contributed by atoms with Crippen molar-refractivity contribution in [3.8, 4) is 0 Å². The van der Waals surface area contributed by atoms with E-state index < -0.39 is 5.82 Å². The normalized spacial score (nSPS) is 10.2. The first-order valence-electron chi connectivity index (χ1n) is 7.39. The van der Waals surface area contributed by atoms with Crippen molar-refractivity contribution in [1.29, 1.82) is 0 Å². The zero-order valence-electron chi connectivity index (χ0n) is 13.0. The lowest BCUT2D eigenvalue weighted by molar-refractivity contribution is -0.132. The second-order valence-electron chi connectivity index (χ2n) is 5.23. The molecule has 0 saturated heterocycles. The van der Waals surface area contributed by atoms with Crippen LogP contribution in [0.3, 0.4) is 0 Å². The molecule has 0 aliphatic rings. The molecule has 2 amide bonds. The van der Waals surface area contributed by atoms with E-state index in [1.165, 1.54) is 30.0 Å². The van der Waals surface area contributed by atoms with Gasteiger partial charge < -0.3 is 10.2 Å². The number of carbonyl (C=O) groups excluding carboxylic acids is 2. The Hall–Kier alpha value is -2.69. The van der Waals surface area contributed by atoms with Gasteiger partial charge in [0, 0.05) is 19.2 Å². The topological polar surface area (TPSA) is 49.4 Å². The van der Waals surface area contributed by atoms with Crippen molar-refractivity contribution >= 4 is 17.5 Å². The highest BCUT2D eigenvalue weighted by Gasteiger charge is 2.14. The Kier molecular flexibility index (Phi) is 5.86. The van der Waals surface area contributed by atoms with Gasteiger partial charge in [-0.05, 0) is 30.2 Å². The molecule has 2 aromatic carbocycles. The highest BCUT2D eigenvalue weighted by Crippen LogP contribution is 2.09. The van der Waals surface area contributed by atoms with Gasteiger partial charge >= 0.3 is 0 Å². The smallest absolute Gasteiger partial charge is 0.243 e. The highest BCUT2D eigenvalue weighted by atomic mass is 19.1. The third kappa shape index (κ3) is 5.54. The van der Waals surface area contributed by atoms with Crippen molar-refractivity contribution in [1.82, 2.24) is 4.90 Å². The van der Waals surface area contributed by atoms with Crippen LogP contribution in [0.2, 0.25) is 0 Å². The van der Waals surface area contributed by atoms with Gasteiger partial charge in [-0.3, -0.25) is 9.59 Å². The van der Waals surface area contributed by atoms with Gasteiger partial charge in [-0.2, -0.15) is 0 Å². The number of hydrogen-bond acceptors (Lipinski definition) is 2. The Morgan fingerprint density at radius 1 is 1.09 bits per heavy atom. The monoisotopic (exact) mass is 314 g/mol. The summed E-state index contributed by atoms with van der Waals surface area (Å²) in [4.78, 5) is 25.2. The van der Waals surface area contributed by atoms with Crippen molar-refractivity contribution < 1.29 is 14.0 Å². The molecule has 0 aliphatic heterocycles. The zero-order chi connectivity index (χ0) is 16.7. The predicted molar refractivity (Wildman–Crippen MR) is 87.4 cm³/mol. The van der Waals surface area contributed by atoms with E-state index in [0.29, 0.717) is 18.7 Å². The molecule has 5 heteroatoms. The van der Waals surface area contributed by atoms with E-state index in [4.69, 9.17) is 0 Å². The minimum Gasteiger partial charge on any atom is -0.333 e. The fraction of sp³-hybridized carbons (Fsp3) is 0.222. The first-order chi connectivity index (χ1) is 11.0. The van der Waals surface area contributed by atoms with Crippen LogP contribution in [0.4, 0.5) is 10.1 Å². The van der Waals surface area contributed by atoms with E-state index in [1.807, 2.05) is 30.3 Å². The van der Waals surface area contributed by atoms with E-state index in [0.717, 1.165) is 5.56 Å². The SMILES string of the molecule is CC(=O)N(CCc1ccccc1)CC(=O)Nc1cccc(F)c1. The van der Waals surface area contributed by atoms with Gasteiger partial charge in [0.1, 0.15) is 5.82 Å². The average molecular weight is 314 g/mol. The number of halogens is 1. The maximum absolute atomic E-state index is 13.1. The van der Waals surface area contributed by atoms with Gasteiger partial charge in [0.05, 0.1) is 6.54 Å². The number of nitrogens with zero attached hydrogens (tertiary/aromatic N) is 1. The Morgan fingerprint density at radius 2 is 1.83 bits per heavy atom. The number of rotatable bonds is 6. The molecule has 2 rings (SSSR count). The largest absolute Gasteiger partial charge is 0.333 e. The number of benzene rings is 2. The van der Waals surface area contributed by atoms with Gasteiger partial charge in [0.15, 0.2) is 0 Å². The van der Waals surface area contributed by atoms with Gasteiger partial charge in [-0.15, -0.1) is 0 Å². The van der Waals surface area contributed by atoms with E-state index in [9.17, 15) is 14.0 Å². The molecule has 0 aromatic heterocycles. The molecule has 0 spiro atoms. The molecular weight excluding hydrogens is 295 g/mol. The average Bonchev–Trinajstić information content (AvgIpc) is 2.52. The van der Waals surface area contributed by atoms with E-state index in [2.05, 4.69) is 5.32 Å². The van der Waals surface area contributed by atoms with Crippen LogP contribution in [0, 0.1) is 5.82 Å². The molecule has 120 valence electrons. The van der Waals surface area contributed by atoms with E-state index in [1.54, 1.807) is 6.07 Å². The molecule has 1 N–H and O–H groups in total. The van der Waals surface area contributed by atoms with Gasteiger partial charge in [0.25, 0.3) is 0 Å². The summed E-state index contributed by atoms with van der Waals surface area (Å²) >= 11 is 0. The Balaban J connectivity index is 1.91. The Labute approximate surface area is 134 Å². The van der Waals surface area contributed by atoms with Crippen molar-refractivity contribution in [2.75, 3.05) is 18.4 Å². The molecule has 0 radical (unpaired) electrons. The Bertz CT molecular complexity index is 674. The zero-order valence-corrected chi connectivity index (χ0v) is 13.0. The Morgan fingerprint density at radius 3 is 2.48 bits per heavy atom. The molecule has 0 aliphatic carbocycles. The second kappa shape index (κ2) is 8.08. The first-order valence-corrected chi connectivity index (χ1v) is 7.39. The lowest BCUT2D eigenvalue weighted by Crippen LogP contribution is -2.38. The van der Waals surface area contributed by atoms with Crippen LogP contribution in [-0.4, -0.2) is 29.8 Å². The van der Waals surface area contributed by atoms with Crippen molar-refractivity contribution in [3.63, 3.8) is 0 Å². The van der Waals surface area contributed by atoms with Crippen LogP contribution in [0.15, 0.2) is 54.6 Å². The molecule has 0 unspecified atom stereocenters. The first kappa shape index (κ1) is 16.7. The molecule has 4 nitrogen and oxygen atoms in total. The summed E-state index contributed by atoms with van der Waals surface area (Å²) in [5, 5.41) is 2.59.